The number of carbonyl (C=O) groups is 2. The number of methoxy groups -OCH3 is 2. The molecule has 35 heavy (non-hydrogen) atoms. The average Bonchev–Trinajstić information content (AvgIpc) is 3.13. The molecule has 3 rings (SSSR count). The minimum absolute atomic E-state index is 0.0299. The quantitative estimate of drug-likeness (QED) is 0.208. The number of benzene rings is 2. The molecule has 1 aliphatic heterocycles. The Morgan fingerprint density at radius 1 is 0.971 bits per heavy atom. The van der Waals surface area contributed by atoms with E-state index in [0.29, 0.717) is 61.2 Å². The van der Waals surface area contributed by atoms with Gasteiger partial charge in [-0.15, -0.1) is 0 Å². The van der Waals surface area contributed by atoms with Gasteiger partial charge < -0.3 is 29.0 Å². The molecular weight excluding hydrogens is 450 g/mol. The Balaban J connectivity index is 2.12. The van der Waals surface area contributed by atoms with Crippen molar-refractivity contribution in [3.63, 3.8) is 0 Å². The van der Waals surface area contributed by atoms with Crippen LogP contribution in [-0.2, 0) is 14.3 Å². The first kappa shape index (κ1) is 26.1. The van der Waals surface area contributed by atoms with Gasteiger partial charge in [0.05, 0.1) is 31.9 Å². The second kappa shape index (κ2) is 12.3. The fraction of sp³-hybridized carbons (Fsp3) is 0.407. The maximum Gasteiger partial charge on any atom is 0.295 e. The number of ether oxygens (including phenoxy) is 4. The molecule has 0 spiro atoms. The lowest BCUT2D eigenvalue weighted by molar-refractivity contribution is -0.140. The highest BCUT2D eigenvalue weighted by Gasteiger charge is 2.46. The first-order valence-corrected chi connectivity index (χ1v) is 11.8. The van der Waals surface area contributed by atoms with Gasteiger partial charge in [-0.25, -0.2) is 0 Å². The third-order valence-electron chi connectivity index (χ3n) is 5.70. The lowest BCUT2D eigenvalue weighted by Crippen LogP contribution is -2.31. The normalized spacial score (nSPS) is 17.0. The Labute approximate surface area is 206 Å². The molecule has 1 amide bonds. The minimum atomic E-state index is -0.784. The second-order valence-electron chi connectivity index (χ2n) is 8.05. The first-order valence-electron chi connectivity index (χ1n) is 11.8. The zero-order valence-corrected chi connectivity index (χ0v) is 20.7. The number of carbonyl (C=O) groups excluding carboxylic acids is 2. The molecule has 0 aromatic heterocycles. The van der Waals surface area contributed by atoms with Crippen molar-refractivity contribution in [1.82, 2.24) is 4.90 Å². The SMILES string of the molecule is CCCOc1ccc(C2/C(=C(\O)c3ccc(OC)cc3)C(=O)C(=O)N2CCCOC)cc1OCC. The van der Waals surface area contributed by atoms with Crippen LogP contribution in [0, 0.1) is 0 Å². The zero-order chi connectivity index (χ0) is 25.4. The Morgan fingerprint density at radius 2 is 1.71 bits per heavy atom. The molecule has 8 nitrogen and oxygen atoms in total. The van der Waals surface area contributed by atoms with Gasteiger partial charge in [0, 0.05) is 25.8 Å². The summed E-state index contributed by atoms with van der Waals surface area (Å²) < 4.78 is 21.9. The number of Topliss-reactive ketones (excluding diaryl/α,β-unsaturated/α-hetero) is 1. The second-order valence-corrected chi connectivity index (χ2v) is 8.05. The van der Waals surface area contributed by atoms with E-state index in [4.69, 9.17) is 18.9 Å². The number of hydrogen-bond donors (Lipinski definition) is 1. The van der Waals surface area contributed by atoms with E-state index >= 15 is 0 Å². The van der Waals surface area contributed by atoms with Crippen molar-refractivity contribution < 1.29 is 33.6 Å². The van der Waals surface area contributed by atoms with Crippen LogP contribution in [0.3, 0.4) is 0 Å². The van der Waals surface area contributed by atoms with Crippen molar-refractivity contribution in [2.45, 2.75) is 32.7 Å². The van der Waals surface area contributed by atoms with Crippen LogP contribution in [0.5, 0.6) is 17.2 Å². The van der Waals surface area contributed by atoms with Crippen molar-refractivity contribution in [1.29, 1.82) is 0 Å². The third-order valence-corrected chi connectivity index (χ3v) is 5.70. The van der Waals surface area contributed by atoms with E-state index in [2.05, 4.69) is 0 Å². The van der Waals surface area contributed by atoms with Crippen LogP contribution in [-0.4, -0.2) is 62.3 Å². The molecule has 0 aliphatic carbocycles. The van der Waals surface area contributed by atoms with E-state index in [-0.39, 0.29) is 11.3 Å². The summed E-state index contributed by atoms with van der Waals surface area (Å²) in [5.41, 5.74) is 1.09. The monoisotopic (exact) mass is 483 g/mol. The summed E-state index contributed by atoms with van der Waals surface area (Å²) in [4.78, 5) is 27.7. The highest BCUT2D eigenvalue weighted by molar-refractivity contribution is 6.46. The van der Waals surface area contributed by atoms with Gasteiger partial charge in [0.25, 0.3) is 11.7 Å². The predicted octanol–water partition coefficient (Wildman–Crippen LogP) is 4.34. The first-order chi connectivity index (χ1) is 17.0. The lowest BCUT2D eigenvalue weighted by atomic mass is 9.95. The number of amides is 1. The summed E-state index contributed by atoms with van der Waals surface area (Å²) >= 11 is 0. The molecule has 1 unspecified atom stereocenters. The van der Waals surface area contributed by atoms with E-state index in [1.54, 1.807) is 56.7 Å². The molecule has 1 N–H and O–H groups in total. The van der Waals surface area contributed by atoms with Crippen molar-refractivity contribution >= 4 is 17.4 Å². The summed E-state index contributed by atoms with van der Waals surface area (Å²) in [5.74, 6) is 0.0846. The highest BCUT2D eigenvalue weighted by Crippen LogP contribution is 2.42. The Bertz CT molecular complexity index is 1060. The molecule has 0 radical (unpaired) electrons. The fourth-order valence-electron chi connectivity index (χ4n) is 4.04. The molecule has 1 fully saturated rings. The molecule has 1 aliphatic rings. The number of hydrogen-bond acceptors (Lipinski definition) is 7. The molecule has 1 heterocycles. The van der Waals surface area contributed by atoms with E-state index in [1.807, 2.05) is 13.8 Å². The number of likely N-dealkylation sites (tertiary alicyclic amines) is 1. The zero-order valence-electron chi connectivity index (χ0n) is 20.7. The van der Waals surface area contributed by atoms with Crippen LogP contribution >= 0.6 is 0 Å². The highest BCUT2D eigenvalue weighted by atomic mass is 16.5. The van der Waals surface area contributed by atoms with Crippen molar-refractivity contribution in [2.75, 3.05) is 40.6 Å². The topological polar surface area (TPSA) is 94.5 Å². The van der Waals surface area contributed by atoms with E-state index in [0.717, 1.165) is 6.42 Å². The number of nitrogens with zero attached hydrogens (tertiary/aromatic N) is 1. The summed E-state index contributed by atoms with van der Waals surface area (Å²) in [5, 5.41) is 11.2. The minimum Gasteiger partial charge on any atom is -0.507 e. The Kier molecular flexibility index (Phi) is 9.14. The van der Waals surface area contributed by atoms with Gasteiger partial charge in [-0.2, -0.15) is 0 Å². The van der Waals surface area contributed by atoms with Gasteiger partial charge in [0.1, 0.15) is 11.5 Å². The molecule has 188 valence electrons. The van der Waals surface area contributed by atoms with Crippen molar-refractivity contribution in [3.05, 3.63) is 59.2 Å². The molecule has 8 heteroatoms. The maximum absolute atomic E-state index is 13.2. The van der Waals surface area contributed by atoms with Crippen LogP contribution < -0.4 is 14.2 Å². The van der Waals surface area contributed by atoms with Crippen LogP contribution in [0.1, 0.15) is 43.9 Å². The van der Waals surface area contributed by atoms with E-state index in [1.165, 1.54) is 4.90 Å². The third kappa shape index (κ3) is 5.77. The number of aliphatic hydroxyl groups excluding tert-OH is 1. The van der Waals surface area contributed by atoms with Gasteiger partial charge in [0.2, 0.25) is 0 Å². The van der Waals surface area contributed by atoms with Crippen LogP contribution in [0.2, 0.25) is 0 Å². The lowest BCUT2D eigenvalue weighted by Gasteiger charge is -2.26. The van der Waals surface area contributed by atoms with Crippen molar-refractivity contribution in [2.24, 2.45) is 0 Å². The maximum atomic E-state index is 13.2. The van der Waals surface area contributed by atoms with Gasteiger partial charge in [-0.3, -0.25) is 9.59 Å². The van der Waals surface area contributed by atoms with Gasteiger partial charge in [-0.1, -0.05) is 13.0 Å². The molecule has 0 saturated carbocycles. The smallest absolute Gasteiger partial charge is 0.295 e. The summed E-state index contributed by atoms with van der Waals surface area (Å²) in [6.45, 7) is 5.57. The van der Waals surface area contributed by atoms with Crippen molar-refractivity contribution in [3.8, 4) is 17.2 Å². The summed E-state index contributed by atoms with van der Waals surface area (Å²) in [6.07, 6.45) is 1.38. The Hall–Kier alpha value is -3.52. The molecule has 2 aromatic rings. The van der Waals surface area contributed by atoms with E-state index in [9.17, 15) is 14.7 Å². The number of ketones is 1. The molecule has 1 saturated heterocycles. The van der Waals surface area contributed by atoms with Gasteiger partial charge in [0.15, 0.2) is 11.5 Å². The van der Waals surface area contributed by atoms with Crippen LogP contribution in [0.15, 0.2) is 48.0 Å². The predicted molar refractivity (Wildman–Crippen MR) is 132 cm³/mol. The molecule has 1 atom stereocenters. The number of aliphatic hydroxyl groups is 1. The summed E-state index contributed by atoms with van der Waals surface area (Å²) in [6, 6.07) is 11.2. The fourth-order valence-corrected chi connectivity index (χ4v) is 4.04. The standard InChI is InChI=1S/C27H33NO7/c1-5-15-35-21-13-10-19(17-22(21)34-6-2)24-23(25(29)18-8-11-20(33-4)12-9-18)26(30)27(31)28(24)14-7-16-32-3/h8-13,17,24,29H,5-7,14-16H2,1-4H3/b25-23+. The molecule has 0 bridgehead atoms. The number of rotatable bonds is 12. The molecular formula is C27H33NO7. The van der Waals surface area contributed by atoms with Crippen LogP contribution in [0.25, 0.3) is 5.76 Å². The summed E-state index contributed by atoms with van der Waals surface area (Å²) in [7, 11) is 3.13. The molecule has 2 aromatic carbocycles. The van der Waals surface area contributed by atoms with E-state index < -0.39 is 17.7 Å². The average molecular weight is 484 g/mol. The van der Waals surface area contributed by atoms with Gasteiger partial charge >= 0.3 is 0 Å². The Morgan fingerprint density at radius 3 is 2.34 bits per heavy atom. The van der Waals surface area contributed by atoms with Gasteiger partial charge in [-0.05, 0) is 61.7 Å². The van der Waals surface area contributed by atoms with Crippen LogP contribution in [0.4, 0.5) is 0 Å². The largest absolute Gasteiger partial charge is 0.507 e.